The third-order valence-corrected chi connectivity index (χ3v) is 6.75. The molecule has 4 aromatic rings. The SMILES string of the molecule is COc1c([N+](=O)[O-])cc(C(N)=O)c(NCc2cccnc2)c1-c1ccc(S(=O)(=O)n2cncn2)cc1. The number of amides is 1. The molecule has 2 aromatic carbocycles. The molecule has 2 aromatic heterocycles. The maximum absolute atomic E-state index is 12.7. The highest BCUT2D eigenvalue weighted by molar-refractivity contribution is 7.89. The van der Waals surface area contributed by atoms with Crippen molar-refractivity contribution < 1.29 is 22.9 Å². The molecule has 0 atom stereocenters. The van der Waals surface area contributed by atoms with Crippen molar-refractivity contribution in [3.63, 3.8) is 0 Å². The number of carbonyl (C=O) groups is 1. The fourth-order valence-electron chi connectivity index (χ4n) is 3.56. The molecule has 3 N–H and O–H groups in total. The lowest BCUT2D eigenvalue weighted by atomic mass is 9.96. The number of nitrogens with zero attached hydrogens (tertiary/aromatic N) is 5. The number of aromatic nitrogens is 4. The molecule has 0 unspecified atom stereocenters. The average Bonchev–Trinajstić information content (AvgIpc) is 3.43. The van der Waals surface area contributed by atoms with Gasteiger partial charge in [0.2, 0.25) is 5.75 Å². The summed E-state index contributed by atoms with van der Waals surface area (Å²) in [6.07, 6.45) is 5.36. The van der Waals surface area contributed by atoms with Crippen molar-refractivity contribution in [2.24, 2.45) is 5.73 Å². The zero-order valence-electron chi connectivity index (χ0n) is 18.7. The minimum absolute atomic E-state index is 0.0962. The Morgan fingerprint density at radius 3 is 2.53 bits per heavy atom. The van der Waals surface area contributed by atoms with Crippen LogP contribution in [0.25, 0.3) is 11.1 Å². The van der Waals surface area contributed by atoms with Crippen LogP contribution in [-0.4, -0.2) is 45.5 Å². The van der Waals surface area contributed by atoms with Crippen molar-refractivity contribution in [1.29, 1.82) is 0 Å². The second-order valence-electron chi connectivity index (χ2n) is 7.36. The van der Waals surface area contributed by atoms with Crippen molar-refractivity contribution in [2.45, 2.75) is 11.4 Å². The van der Waals surface area contributed by atoms with Gasteiger partial charge in [0.25, 0.3) is 15.9 Å². The average molecular weight is 510 g/mol. The van der Waals surface area contributed by atoms with Crippen molar-refractivity contribution in [3.05, 3.63) is 88.8 Å². The number of nitrogens with one attached hydrogen (secondary N) is 1. The van der Waals surface area contributed by atoms with Crippen LogP contribution in [0.4, 0.5) is 11.4 Å². The fourth-order valence-corrected chi connectivity index (χ4v) is 4.60. The quantitative estimate of drug-likeness (QED) is 0.250. The zero-order valence-corrected chi connectivity index (χ0v) is 19.5. The van der Waals surface area contributed by atoms with E-state index < -0.39 is 26.5 Å². The van der Waals surface area contributed by atoms with E-state index in [4.69, 9.17) is 10.5 Å². The summed E-state index contributed by atoms with van der Waals surface area (Å²) in [5, 5.41) is 18.6. The Kier molecular flexibility index (Phi) is 6.60. The van der Waals surface area contributed by atoms with Gasteiger partial charge < -0.3 is 15.8 Å². The lowest BCUT2D eigenvalue weighted by Gasteiger charge is -2.19. The number of hydrogen-bond donors (Lipinski definition) is 2. The molecule has 0 aliphatic heterocycles. The summed E-state index contributed by atoms with van der Waals surface area (Å²) < 4.78 is 31.6. The Hall–Kier alpha value is -4.85. The molecule has 0 radical (unpaired) electrons. The van der Waals surface area contributed by atoms with Crippen LogP contribution in [0.2, 0.25) is 0 Å². The number of ether oxygens (including phenoxy) is 1. The van der Waals surface area contributed by atoms with E-state index in [1.54, 1.807) is 24.5 Å². The summed E-state index contributed by atoms with van der Waals surface area (Å²) in [4.78, 5) is 31.0. The minimum Gasteiger partial charge on any atom is -0.490 e. The van der Waals surface area contributed by atoms with Crippen LogP contribution in [0.15, 0.2) is 72.4 Å². The van der Waals surface area contributed by atoms with Crippen LogP contribution in [0.3, 0.4) is 0 Å². The Balaban J connectivity index is 1.89. The first-order valence-electron chi connectivity index (χ1n) is 10.3. The number of nitro groups is 1. The maximum atomic E-state index is 12.7. The van der Waals surface area contributed by atoms with Crippen LogP contribution in [0.5, 0.6) is 5.75 Å². The fraction of sp³-hybridized carbons (Fsp3) is 0.0909. The molecule has 36 heavy (non-hydrogen) atoms. The molecule has 2 heterocycles. The summed E-state index contributed by atoms with van der Waals surface area (Å²) in [6, 6.07) is 10.1. The molecule has 184 valence electrons. The first-order valence-corrected chi connectivity index (χ1v) is 11.7. The van der Waals surface area contributed by atoms with Gasteiger partial charge in [-0.2, -0.15) is 8.42 Å². The number of hydrogen-bond acceptors (Lipinski definition) is 10. The molecular weight excluding hydrogens is 490 g/mol. The lowest BCUT2D eigenvalue weighted by Crippen LogP contribution is -2.17. The van der Waals surface area contributed by atoms with E-state index in [2.05, 4.69) is 20.4 Å². The topological polar surface area (TPSA) is 185 Å². The first kappa shape index (κ1) is 24.3. The van der Waals surface area contributed by atoms with E-state index in [9.17, 15) is 23.3 Å². The summed E-state index contributed by atoms with van der Waals surface area (Å²) in [6.45, 7) is 0.209. The maximum Gasteiger partial charge on any atom is 0.312 e. The molecule has 0 fully saturated rings. The number of rotatable bonds is 9. The second-order valence-corrected chi connectivity index (χ2v) is 9.16. The molecular formula is C22H19N7O6S. The van der Waals surface area contributed by atoms with Crippen molar-refractivity contribution in [2.75, 3.05) is 12.4 Å². The van der Waals surface area contributed by atoms with Gasteiger partial charge in [-0.05, 0) is 29.3 Å². The van der Waals surface area contributed by atoms with Gasteiger partial charge in [-0.25, -0.2) is 4.98 Å². The first-order chi connectivity index (χ1) is 17.2. The molecule has 0 bridgehead atoms. The third-order valence-electron chi connectivity index (χ3n) is 5.20. The monoisotopic (exact) mass is 509 g/mol. The van der Waals surface area contributed by atoms with Crippen molar-refractivity contribution in [1.82, 2.24) is 19.2 Å². The van der Waals surface area contributed by atoms with Crippen LogP contribution >= 0.6 is 0 Å². The number of nitro benzene ring substituents is 1. The molecule has 1 amide bonds. The van der Waals surface area contributed by atoms with E-state index in [-0.39, 0.29) is 34.0 Å². The summed E-state index contributed by atoms with van der Waals surface area (Å²) >= 11 is 0. The summed E-state index contributed by atoms with van der Waals surface area (Å²) in [7, 11) is -2.75. The van der Waals surface area contributed by atoms with Crippen LogP contribution in [-0.2, 0) is 16.6 Å². The van der Waals surface area contributed by atoms with E-state index in [0.29, 0.717) is 9.65 Å². The van der Waals surface area contributed by atoms with E-state index in [1.807, 2.05) is 0 Å². The van der Waals surface area contributed by atoms with Gasteiger partial charge in [0.05, 0.1) is 33.7 Å². The molecule has 0 aliphatic rings. The molecule has 0 aliphatic carbocycles. The van der Waals surface area contributed by atoms with Crippen LogP contribution in [0.1, 0.15) is 15.9 Å². The Morgan fingerprint density at radius 1 is 1.22 bits per heavy atom. The highest BCUT2D eigenvalue weighted by atomic mass is 32.2. The van der Waals surface area contributed by atoms with Gasteiger partial charge in [0.1, 0.15) is 12.7 Å². The molecule has 13 nitrogen and oxygen atoms in total. The van der Waals surface area contributed by atoms with Crippen LogP contribution < -0.4 is 15.8 Å². The predicted molar refractivity (Wildman–Crippen MR) is 128 cm³/mol. The number of pyridine rings is 1. The van der Waals surface area contributed by atoms with E-state index in [0.717, 1.165) is 24.3 Å². The van der Waals surface area contributed by atoms with Gasteiger partial charge in [-0.3, -0.25) is 19.9 Å². The number of benzene rings is 2. The minimum atomic E-state index is -4.00. The number of anilines is 1. The molecule has 4 rings (SSSR count). The number of carbonyl (C=O) groups excluding carboxylic acids is 1. The Bertz CT molecular complexity index is 1520. The third kappa shape index (κ3) is 4.56. The largest absolute Gasteiger partial charge is 0.490 e. The predicted octanol–water partition coefficient (Wildman–Crippen LogP) is 2.20. The lowest BCUT2D eigenvalue weighted by molar-refractivity contribution is -0.385. The van der Waals surface area contributed by atoms with Crippen molar-refractivity contribution in [3.8, 4) is 16.9 Å². The van der Waals surface area contributed by atoms with Gasteiger partial charge in [-0.15, -0.1) is 9.19 Å². The summed E-state index contributed by atoms with van der Waals surface area (Å²) in [5.74, 6) is -1.04. The molecule has 14 heteroatoms. The van der Waals surface area contributed by atoms with Crippen molar-refractivity contribution >= 4 is 27.3 Å². The van der Waals surface area contributed by atoms with Gasteiger partial charge in [0, 0.05) is 25.0 Å². The number of nitrogens with two attached hydrogens (primary N) is 1. The Morgan fingerprint density at radius 2 is 1.97 bits per heavy atom. The molecule has 0 saturated heterocycles. The van der Waals surface area contributed by atoms with Gasteiger partial charge >= 0.3 is 5.69 Å². The number of methoxy groups -OCH3 is 1. The Labute approximate surface area is 204 Å². The summed E-state index contributed by atoms with van der Waals surface area (Å²) in [5.41, 5.74) is 6.41. The standard InChI is InChI=1S/C22H19N7O6S/c1-35-21-18(29(31)32)9-17(22(23)30)20(26-11-14-3-2-8-24-10-14)19(21)15-4-6-16(7-5-15)36(33,34)28-13-25-12-27-28/h2-10,12-13,26H,11H2,1H3,(H2,23,30). The molecule has 0 spiro atoms. The van der Waals surface area contributed by atoms with Crippen LogP contribution in [0, 0.1) is 10.1 Å². The highest BCUT2D eigenvalue weighted by Gasteiger charge is 2.29. The van der Waals surface area contributed by atoms with E-state index >= 15 is 0 Å². The number of primary amides is 1. The molecule has 0 saturated carbocycles. The van der Waals surface area contributed by atoms with E-state index in [1.165, 1.54) is 31.4 Å². The van der Waals surface area contributed by atoms with Gasteiger partial charge in [-0.1, -0.05) is 18.2 Å². The zero-order chi connectivity index (χ0) is 25.9. The second kappa shape index (κ2) is 9.79. The highest BCUT2D eigenvalue weighted by Crippen LogP contribution is 2.45. The normalized spacial score (nSPS) is 11.1. The smallest absolute Gasteiger partial charge is 0.312 e. The van der Waals surface area contributed by atoms with Gasteiger partial charge in [0.15, 0.2) is 0 Å².